The van der Waals surface area contributed by atoms with Crippen molar-refractivity contribution in [3.05, 3.63) is 0 Å². The Labute approximate surface area is 110 Å². The molecule has 0 aromatic carbocycles. The third-order valence-corrected chi connectivity index (χ3v) is 3.60. The van der Waals surface area contributed by atoms with Gasteiger partial charge < -0.3 is 5.32 Å². The smallest absolute Gasteiger partial charge is 0.00670 e. The molecule has 0 aromatic rings. The Bertz CT molecular complexity index is 157. The van der Waals surface area contributed by atoms with Crippen molar-refractivity contribution in [3.63, 3.8) is 0 Å². The van der Waals surface area contributed by atoms with Crippen LogP contribution in [-0.2, 0) is 0 Å². The lowest BCUT2D eigenvalue weighted by Crippen LogP contribution is -2.37. The van der Waals surface area contributed by atoms with Gasteiger partial charge in [0.25, 0.3) is 0 Å². The maximum absolute atomic E-state index is 3.79. The Morgan fingerprint density at radius 3 is 1.94 bits per heavy atom. The van der Waals surface area contributed by atoms with E-state index in [9.17, 15) is 0 Å². The van der Waals surface area contributed by atoms with Crippen molar-refractivity contribution in [3.8, 4) is 0 Å². The van der Waals surface area contributed by atoms with Gasteiger partial charge in [-0.1, -0.05) is 66.7 Å². The Morgan fingerprint density at radius 1 is 0.882 bits per heavy atom. The summed E-state index contributed by atoms with van der Waals surface area (Å²) in [6.07, 6.45) is 10.7. The second kappa shape index (κ2) is 9.94. The molecule has 0 amide bonds. The van der Waals surface area contributed by atoms with E-state index in [0.29, 0.717) is 5.41 Å². The predicted molar refractivity (Wildman–Crippen MR) is 79.5 cm³/mol. The molecule has 104 valence electrons. The normalized spacial score (nSPS) is 12.4. The zero-order valence-corrected chi connectivity index (χ0v) is 12.9. The molecule has 0 saturated carbocycles. The Kier molecular flexibility index (Phi) is 9.91. The minimum atomic E-state index is 0.467. The van der Waals surface area contributed by atoms with Crippen LogP contribution < -0.4 is 5.32 Å². The van der Waals surface area contributed by atoms with Crippen LogP contribution in [-0.4, -0.2) is 12.6 Å². The summed E-state index contributed by atoms with van der Waals surface area (Å²) in [5.41, 5.74) is 0.467. The van der Waals surface area contributed by atoms with Crippen molar-refractivity contribution in [2.24, 2.45) is 5.41 Å². The molecule has 0 aromatic heterocycles. The van der Waals surface area contributed by atoms with Gasteiger partial charge in [0.15, 0.2) is 0 Å². The average Bonchev–Trinajstić information content (AvgIpc) is 2.27. The van der Waals surface area contributed by atoms with Crippen LogP contribution in [0.3, 0.4) is 0 Å². The van der Waals surface area contributed by atoms with Crippen LogP contribution in [0.2, 0.25) is 0 Å². The highest BCUT2D eigenvalue weighted by molar-refractivity contribution is 4.75. The van der Waals surface area contributed by atoms with Crippen molar-refractivity contribution in [1.29, 1.82) is 0 Å². The second-order valence-corrected chi connectivity index (χ2v) is 6.28. The number of nitrogens with one attached hydrogen (secondary N) is 1. The Morgan fingerprint density at radius 2 is 1.47 bits per heavy atom. The molecular formula is C16H35N. The van der Waals surface area contributed by atoms with E-state index in [4.69, 9.17) is 0 Å². The molecule has 0 aliphatic carbocycles. The molecule has 1 heteroatoms. The molecule has 0 saturated heterocycles. The first-order valence-electron chi connectivity index (χ1n) is 7.79. The van der Waals surface area contributed by atoms with Crippen molar-refractivity contribution >= 4 is 0 Å². The van der Waals surface area contributed by atoms with Gasteiger partial charge in [-0.3, -0.25) is 0 Å². The highest BCUT2D eigenvalue weighted by atomic mass is 14.9. The van der Waals surface area contributed by atoms with Crippen molar-refractivity contribution < 1.29 is 0 Å². The summed E-state index contributed by atoms with van der Waals surface area (Å²) in [4.78, 5) is 0. The van der Waals surface area contributed by atoms with Crippen LogP contribution in [0.5, 0.6) is 0 Å². The fraction of sp³-hybridized carbons (Fsp3) is 1.00. The summed E-state index contributed by atoms with van der Waals surface area (Å²) in [7, 11) is 0. The fourth-order valence-electron chi connectivity index (χ4n) is 2.41. The zero-order chi connectivity index (χ0) is 13.1. The van der Waals surface area contributed by atoms with Crippen LogP contribution in [0.4, 0.5) is 0 Å². The second-order valence-electron chi connectivity index (χ2n) is 6.28. The maximum Gasteiger partial charge on any atom is 0.00670 e. The van der Waals surface area contributed by atoms with E-state index in [-0.39, 0.29) is 0 Å². The lowest BCUT2D eigenvalue weighted by atomic mass is 9.86. The van der Waals surface area contributed by atoms with Gasteiger partial charge in [-0.2, -0.15) is 0 Å². The first-order valence-corrected chi connectivity index (χ1v) is 7.79. The number of hydrogen-bond acceptors (Lipinski definition) is 1. The van der Waals surface area contributed by atoms with Crippen LogP contribution in [0.15, 0.2) is 0 Å². The van der Waals surface area contributed by atoms with Crippen molar-refractivity contribution in [2.45, 2.75) is 92.0 Å². The molecule has 0 aliphatic rings. The SMILES string of the molecule is CCCCCC(C)(C)CNC(CCC)CCC. The summed E-state index contributed by atoms with van der Waals surface area (Å²) in [6, 6.07) is 0.746. The minimum Gasteiger partial charge on any atom is -0.313 e. The van der Waals surface area contributed by atoms with E-state index in [0.717, 1.165) is 6.04 Å². The average molecular weight is 241 g/mol. The van der Waals surface area contributed by atoms with Gasteiger partial charge >= 0.3 is 0 Å². The molecule has 0 fully saturated rings. The summed E-state index contributed by atoms with van der Waals surface area (Å²) in [5.74, 6) is 0. The van der Waals surface area contributed by atoms with E-state index in [1.54, 1.807) is 0 Å². The molecule has 0 radical (unpaired) electrons. The van der Waals surface area contributed by atoms with E-state index >= 15 is 0 Å². The monoisotopic (exact) mass is 241 g/mol. The van der Waals surface area contributed by atoms with Gasteiger partial charge in [0, 0.05) is 12.6 Å². The van der Waals surface area contributed by atoms with E-state index in [2.05, 4.69) is 39.9 Å². The van der Waals surface area contributed by atoms with Crippen LogP contribution >= 0.6 is 0 Å². The Hall–Kier alpha value is -0.0400. The quantitative estimate of drug-likeness (QED) is 0.493. The number of hydrogen-bond donors (Lipinski definition) is 1. The van der Waals surface area contributed by atoms with Crippen molar-refractivity contribution in [2.75, 3.05) is 6.54 Å². The molecule has 0 unspecified atom stereocenters. The first-order chi connectivity index (χ1) is 8.05. The molecule has 0 heterocycles. The summed E-state index contributed by atoms with van der Waals surface area (Å²) < 4.78 is 0. The molecule has 17 heavy (non-hydrogen) atoms. The van der Waals surface area contributed by atoms with E-state index in [1.165, 1.54) is 57.9 Å². The predicted octanol–water partition coefficient (Wildman–Crippen LogP) is 5.15. The number of rotatable bonds is 11. The molecule has 1 N–H and O–H groups in total. The van der Waals surface area contributed by atoms with Gasteiger partial charge in [-0.15, -0.1) is 0 Å². The molecule has 0 rings (SSSR count). The van der Waals surface area contributed by atoms with Crippen LogP contribution in [0, 0.1) is 5.41 Å². The third kappa shape index (κ3) is 9.64. The molecule has 0 bridgehead atoms. The van der Waals surface area contributed by atoms with E-state index < -0.39 is 0 Å². The fourth-order valence-corrected chi connectivity index (χ4v) is 2.41. The molecular weight excluding hydrogens is 206 g/mol. The van der Waals surface area contributed by atoms with E-state index in [1.807, 2.05) is 0 Å². The molecule has 0 aliphatic heterocycles. The summed E-state index contributed by atoms with van der Waals surface area (Å²) in [6.45, 7) is 12.9. The lowest BCUT2D eigenvalue weighted by molar-refractivity contribution is 0.277. The first kappa shape index (κ1) is 17.0. The van der Waals surface area contributed by atoms with Crippen molar-refractivity contribution in [1.82, 2.24) is 5.32 Å². The highest BCUT2D eigenvalue weighted by Crippen LogP contribution is 2.23. The van der Waals surface area contributed by atoms with Gasteiger partial charge in [0.05, 0.1) is 0 Å². The lowest BCUT2D eigenvalue weighted by Gasteiger charge is -2.28. The largest absolute Gasteiger partial charge is 0.313 e. The molecule has 0 spiro atoms. The van der Waals surface area contributed by atoms with Gasteiger partial charge in [0.2, 0.25) is 0 Å². The summed E-state index contributed by atoms with van der Waals surface area (Å²) in [5, 5.41) is 3.79. The zero-order valence-electron chi connectivity index (χ0n) is 12.9. The van der Waals surface area contributed by atoms with Gasteiger partial charge in [-0.25, -0.2) is 0 Å². The summed E-state index contributed by atoms with van der Waals surface area (Å²) >= 11 is 0. The Balaban J connectivity index is 3.86. The van der Waals surface area contributed by atoms with Crippen LogP contribution in [0.25, 0.3) is 0 Å². The minimum absolute atomic E-state index is 0.467. The topological polar surface area (TPSA) is 12.0 Å². The highest BCUT2D eigenvalue weighted by Gasteiger charge is 2.18. The van der Waals surface area contributed by atoms with Gasteiger partial charge in [-0.05, 0) is 24.7 Å². The van der Waals surface area contributed by atoms with Gasteiger partial charge in [0.1, 0.15) is 0 Å². The maximum atomic E-state index is 3.79. The van der Waals surface area contributed by atoms with Crippen LogP contribution in [0.1, 0.15) is 86.0 Å². The molecule has 0 atom stereocenters. The third-order valence-electron chi connectivity index (χ3n) is 3.60. The standard InChI is InChI=1S/C16H35N/c1-6-9-10-13-16(4,5)14-17-15(11-7-2)12-8-3/h15,17H,6-14H2,1-5H3. The molecule has 1 nitrogen and oxygen atoms in total. The number of unbranched alkanes of at least 4 members (excludes halogenated alkanes) is 2.